The van der Waals surface area contributed by atoms with Crippen molar-refractivity contribution in [3.8, 4) is 11.1 Å². The third-order valence-corrected chi connectivity index (χ3v) is 7.97. The Hall–Kier alpha value is -2.16. The Morgan fingerprint density at radius 3 is 1.93 bits per heavy atom. The smallest absolute Gasteiger partial charge is 0.0181 e. The fraction of sp³-hybridized carbons (Fsp3) is 0.143. The van der Waals surface area contributed by atoms with Crippen LogP contribution in [0, 0.1) is 5.92 Å². The van der Waals surface area contributed by atoms with Gasteiger partial charge >= 0.3 is 0 Å². The van der Waals surface area contributed by atoms with Crippen molar-refractivity contribution >= 4 is 53.8 Å². The minimum absolute atomic E-state index is 0.456. The van der Waals surface area contributed by atoms with Gasteiger partial charge in [-0.3, -0.25) is 0 Å². The van der Waals surface area contributed by atoms with Crippen LogP contribution in [0.25, 0.3) is 33.0 Å². The van der Waals surface area contributed by atoms with Gasteiger partial charge in [-0.2, -0.15) is 0 Å². The van der Waals surface area contributed by atoms with Crippen LogP contribution in [0.4, 0.5) is 0 Å². The van der Waals surface area contributed by atoms with E-state index in [0.29, 0.717) is 11.8 Å². The van der Waals surface area contributed by atoms with E-state index in [-0.39, 0.29) is 0 Å². The van der Waals surface area contributed by atoms with Gasteiger partial charge in [0.1, 0.15) is 0 Å². The Bertz CT molecular complexity index is 1340. The lowest BCUT2D eigenvalue weighted by Crippen LogP contribution is -2.00. The van der Waals surface area contributed by atoms with Crippen molar-refractivity contribution in [2.24, 2.45) is 5.92 Å². The Balaban J connectivity index is 1.80. The van der Waals surface area contributed by atoms with Gasteiger partial charge in [0.05, 0.1) is 0 Å². The normalized spacial score (nSPS) is 19.2. The number of fused-ring (bicyclic) bond motifs is 6. The zero-order chi connectivity index (χ0) is 20.6. The topological polar surface area (TPSA) is 0 Å². The van der Waals surface area contributed by atoms with E-state index in [9.17, 15) is 0 Å². The van der Waals surface area contributed by atoms with Crippen LogP contribution in [0.3, 0.4) is 0 Å². The van der Waals surface area contributed by atoms with Crippen LogP contribution in [0.1, 0.15) is 42.0 Å². The number of halogens is 2. The molecule has 0 aliphatic heterocycles. The molecule has 30 heavy (non-hydrogen) atoms. The van der Waals surface area contributed by atoms with Crippen molar-refractivity contribution in [3.05, 3.63) is 104 Å². The predicted molar refractivity (Wildman–Crippen MR) is 135 cm³/mol. The Kier molecular flexibility index (Phi) is 4.13. The molecule has 0 heterocycles. The molecule has 0 unspecified atom stereocenters. The van der Waals surface area contributed by atoms with Gasteiger partial charge in [0, 0.05) is 8.95 Å². The van der Waals surface area contributed by atoms with Crippen molar-refractivity contribution in [2.75, 3.05) is 0 Å². The second-order valence-corrected chi connectivity index (χ2v) is 10.3. The summed E-state index contributed by atoms with van der Waals surface area (Å²) in [5, 5.41) is 2.69. The minimum atomic E-state index is 0.456. The molecule has 0 saturated carbocycles. The molecule has 4 aromatic rings. The van der Waals surface area contributed by atoms with Crippen molar-refractivity contribution in [3.63, 3.8) is 0 Å². The van der Waals surface area contributed by atoms with E-state index in [2.05, 4.69) is 119 Å². The maximum atomic E-state index is 3.73. The van der Waals surface area contributed by atoms with Crippen molar-refractivity contribution in [1.82, 2.24) is 0 Å². The average Bonchev–Trinajstić information content (AvgIpc) is 3.18. The van der Waals surface area contributed by atoms with Gasteiger partial charge in [0.2, 0.25) is 0 Å². The van der Waals surface area contributed by atoms with Crippen LogP contribution >= 0.6 is 31.9 Å². The van der Waals surface area contributed by atoms with Crippen LogP contribution in [-0.4, -0.2) is 0 Å². The Morgan fingerprint density at radius 2 is 1.27 bits per heavy atom. The van der Waals surface area contributed by atoms with E-state index in [1.807, 2.05) is 0 Å². The van der Waals surface area contributed by atoms with E-state index >= 15 is 0 Å². The maximum absolute atomic E-state index is 3.73. The van der Waals surface area contributed by atoms with Gasteiger partial charge in [0.25, 0.3) is 0 Å². The molecule has 2 heteroatoms. The first kappa shape index (κ1) is 18.6. The second-order valence-electron chi connectivity index (χ2n) is 8.50. The van der Waals surface area contributed by atoms with E-state index in [1.165, 1.54) is 55.3 Å². The van der Waals surface area contributed by atoms with Gasteiger partial charge in [0.15, 0.2) is 0 Å². The van der Waals surface area contributed by atoms with Gasteiger partial charge in [-0.05, 0) is 91.4 Å². The summed E-state index contributed by atoms with van der Waals surface area (Å²) in [6.07, 6.45) is 0. The summed E-state index contributed by atoms with van der Waals surface area (Å²) < 4.78 is 2.26. The summed E-state index contributed by atoms with van der Waals surface area (Å²) in [5.41, 5.74) is 11.2. The number of hydrogen-bond donors (Lipinski definition) is 0. The summed E-state index contributed by atoms with van der Waals surface area (Å²) in [7, 11) is 0. The minimum Gasteiger partial charge on any atom is -0.0616 e. The van der Waals surface area contributed by atoms with Crippen molar-refractivity contribution in [2.45, 2.75) is 19.8 Å². The van der Waals surface area contributed by atoms with Crippen LogP contribution in [0.15, 0.2) is 81.7 Å². The first-order valence-corrected chi connectivity index (χ1v) is 12.0. The largest absolute Gasteiger partial charge is 0.0616 e. The van der Waals surface area contributed by atoms with Gasteiger partial charge in [-0.25, -0.2) is 0 Å². The molecule has 0 radical (unpaired) electrons. The molecule has 0 bridgehead atoms. The van der Waals surface area contributed by atoms with Crippen LogP contribution in [-0.2, 0) is 0 Å². The van der Waals surface area contributed by atoms with Gasteiger partial charge in [-0.1, -0.05) is 94.2 Å². The third kappa shape index (κ3) is 2.50. The number of hydrogen-bond acceptors (Lipinski definition) is 0. The molecule has 146 valence electrons. The van der Waals surface area contributed by atoms with Crippen LogP contribution in [0.2, 0.25) is 0 Å². The highest BCUT2D eigenvalue weighted by molar-refractivity contribution is 9.10. The molecule has 0 saturated heterocycles. The molecular formula is C28H20Br2. The Labute approximate surface area is 193 Å². The molecule has 0 amide bonds. The molecule has 6 rings (SSSR count). The molecular weight excluding hydrogens is 496 g/mol. The Morgan fingerprint density at radius 1 is 0.633 bits per heavy atom. The lowest BCUT2D eigenvalue weighted by atomic mass is 9.87. The van der Waals surface area contributed by atoms with Gasteiger partial charge in [-0.15, -0.1) is 0 Å². The highest BCUT2D eigenvalue weighted by atomic mass is 79.9. The maximum Gasteiger partial charge on any atom is 0.0181 e. The van der Waals surface area contributed by atoms with Crippen LogP contribution < -0.4 is 0 Å². The molecule has 0 spiro atoms. The summed E-state index contributed by atoms with van der Waals surface area (Å²) in [6, 6.07) is 26.9. The predicted octanol–water partition coefficient (Wildman–Crippen LogP) is 9.06. The summed E-state index contributed by atoms with van der Waals surface area (Å²) in [4.78, 5) is 0. The monoisotopic (exact) mass is 514 g/mol. The van der Waals surface area contributed by atoms with E-state index < -0.39 is 0 Å². The summed E-state index contributed by atoms with van der Waals surface area (Å²) in [5.74, 6) is 0.955. The second kappa shape index (κ2) is 6.67. The fourth-order valence-electron chi connectivity index (χ4n) is 5.42. The zero-order valence-electron chi connectivity index (χ0n) is 16.8. The van der Waals surface area contributed by atoms with E-state index in [4.69, 9.17) is 0 Å². The molecule has 4 aromatic carbocycles. The molecule has 0 N–H and O–H groups in total. The number of rotatable bonds is 0. The van der Waals surface area contributed by atoms with Crippen LogP contribution in [0.5, 0.6) is 0 Å². The number of benzene rings is 4. The summed E-state index contributed by atoms with van der Waals surface area (Å²) >= 11 is 7.45. The average molecular weight is 516 g/mol. The lowest BCUT2D eigenvalue weighted by molar-refractivity contribution is 0.637. The standard InChI is InChI=1S/C28H20Br2/c1-15-16(2)26(27-20(15)10-7-17-5-3-4-6-21(17)27)28-24-13-18(29)8-11-22(24)23-12-9-19(30)14-25(23)28/h3-16H,1-2H3/t15-,16-/m0/s1. The molecule has 2 aliphatic carbocycles. The lowest BCUT2D eigenvalue weighted by Gasteiger charge is -2.17. The molecule has 2 aliphatic rings. The van der Waals surface area contributed by atoms with Gasteiger partial charge < -0.3 is 0 Å². The van der Waals surface area contributed by atoms with E-state index in [0.717, 1.165) is 8.95 Å². The van der Waals surface area contributed by atoms with Crippen molar-refractivity contribution < 1.29 is 0 Å². The van der Waals surface area contributed by atoms with Crippen molar-refractivity contribution in [1.29, 1.82) is 0 Å². The number of allylic oxidation sites excluding steroid dienone is 1. The first-order chi connectivity index (χ1) is 14.5. The zero-order valence-corrected chi connectivity index (χ0v) is 20.0. The molecule has 0 fully saturated rings. The fourth-order valence-corrected chi connectivity index (χ4v) is 6.14. The highest BCUT2D eigenvalue weighted by Gasteiger charge is 2.37. The first-order valence-electron chi connectivity index (χ1n) is 10.4. The van der Waals surface area contributed by atoms with E-state index in [1.54, 1.807) is 0 Å². The highest BCUT2D eigenvalue weighted by Crippen LogP contribution is 2.56. The molecule has 0 nitrogen and oxygen atoms in total. The summed E-state index contributed by atoms with van der Waals surface area (Å²) in [6.45, 7) is 4.78. The molecule has 0 aromatic heterocycles. The molecule has 2 atom stereocenters. The quantitative estimate of drug-likeness (QED) is 0.193. The third-order valence-electron chi connectivity index (χ3n) is 6.99. The SMILES string of the molecule is C[C@@H]1C(=C2c3cc(Br)ccc3-c3ccc(Br)cc32)c2c(ccc3ccccc23)[C@H]1C.